The van der Waals surface area contributed by atoms with Crippen LogP contribution in [-0.4, -0.2) is 57.3 Å². The van der Waals surface area contributed by atoms with Gasteiger partial charge in [-0.05, 0) is 55.4 Å². The molecule has 0 radical (unpaired) electrons. The van der Waals surface area contributed by atoms with Crippen molar-refractivity contribution in [3.8, 4) is 0 Å². The molecule has 4 rings (SSSR count). The van der Waals surface area contributed by atoms with Crippen LogP contribution in [0.25, 0.3) is 10.9 Å². The lowest BCUT2D eigenvalue weighted by Gasteiger charge is -2.34. The third-order valence-electron chi connectivity index (χ3n) is 5.87. The smallest absolute Gasteiger partial charge is 0.289 e. The fraction of sp³-hybridized carbons (Fsp3) is 0.391. The van der Waals surface area contributed by atoms with Crippen LogP contribution in [0.15, 0.2) is 50.3 Å². The second kappa shape index (κ2) is 10.5. The number of halogens is 1. The molecule has 3 aromatic rings. The SMILES string of the molecule is O=C(CCCCCn1c(=S)[nH]c2ccc(Br)cc2c1=O)N1CCN(C(=O)c2ccco2)CC1. The predicted molar refractivity (Wildman–Crippen MR) is 131 cm³/mol. The normalized spacial score (nSPS) is 14.1. The molecule has 1 N–H and O–H groups in total. The number of aromatic amines is 1. The maximum Gasteiger partial charge on any atom is 0.289 e. The molecule has 0 bridgehead atoms. The third-order valence-corrected chi connectivity index (χ3v) is 6.68. The summed E-state index contributed by atoms with van der Waals surface area (Å²) in [6, 6.07) is 8.83. The van der Waals surface area contributed by atoms with Crippen LogP contribution in [0.3, 0.4) is 0 Å². The second-order valence-electron chi connectivity index (χ2n) is 8.04. The second-order valence-corrected chi connectivity index (χ2v) is 9.34. The lowest BCUT2D eigenvalue weighted by molar-refractivity contribution is -0.132. The highest BCUT2D eigenvalue weighted by Crippen LogP contribution is 2.16. The monoisotopic (exact) mass is 532 g/mol. The van der Waals surface area contributed by atoms with E-state index in [0.29, 0.717) is 55.1 Å². The van der Waals surface area contributed by atoms with Gasteiger partial charge >= 0.3 is 0 Å². The summed E-state index contributed by atoms with van der Waals surface area (Å²) in [5.74, 6) is 0.291. The third kappa shape index (κ3) is 5.44. The largest absolute Gasteiger partial charge is 0.459 e. The molecular weight excluding hydrogens is 508 g/mol. The first kappa shape index (κ1) is 23.4. The predicted octanol–water partition coefficient (Wildman–Crippen LogP) is 3.96. The topological polar surface area (TPSA) is 91.5 Å². The molecule has 0 aliphatic carbocycles. The Kier molecular flexibility index (Phi) is 7.44. The van der Waals surface area contributed by atoms with E-state index in [4.69, 9.17) is 16.6 Å². The maximum absolute atomic E-state index is 12.8. The van der Waals surface area contributed by atoms with Gasteiger partial charge in [0, 0.05) is 43.6 Å². The van der Waals surface area contributed by atoms with E-state index >= 15 is 0 Å². The number of H-pyrrole nitrogens is 1. The molecule has 3 heterocycles. The summed E-state index contributed by atoms with van der Waals surface area (Å²) >= 11 is 8.76. The van der Waals surface area contributed by atoms with Gasteiger partial charge in [-0.3, -0.25) is 19.0 Å². The number of nitrogens with zero attached hydrogens (tertiary/aromatic N) is 3. The number of fused-ring (bicyclic) bond motifs is 1. The van der Waals surface area contributed by atoms with Gasteiger partial charge in [0.1, 0.15) is 0 Å². The molecule has 0 saturated carbocycles. The Bertz CT molecular complexity index is 1260. The van der Waals surface area contributed by atoms with Gasteiger partial charge in [0.05, 0.1) is 17.2 Å². The highest BCUT2D eigenvalue weighted by molar-refractivity contribution is 9.10. The molecule has 1 aliphatic heterocycles. The van der Waals surface area contributed by atoms with Gasteiger partial charge in [0.25, 0.3) is 11.5 Å². The van der Waals surface area contributed by atoms with E-state index in [1.807, 2.05) is 17.0 Å². The first-order valence-corrected chi connectivity index (χ1v) is 12.2. The molecule has 1 fully saturated rings. The summed E-state index contributed by atoms with van der Waals surface area (Å²) in [7, 11) is 0. The van der Waals surface area contributed by atoms with E-state index < -0.39 is 0 Å². The fourth-order valence-electron chi connectivity index (χ4n) is 4.02. The maximum atomic E-state index is 12.8. The average Bonchev–Trinajstić information content (AvgIpc) is 3.36. The minimum absolute atomic E-state index is 0.102. The highest BCUT2D eigenvalue weighted by atomic mass is 79.9. The minimum atomic E-state index is -0.137. The van der Waals surface area contributed by atoms with Crippen LogP contribution in [0.4, 0.5) is 0 Å². The zero-order chi connectivity index (χ0) is 23.4. The van der Waals surface area contributed by atoms with Crippen LogP contribution >= 0.6 is 28.1 Å². The van der Waals surface area contributed by atoms with Crippen molar-refractivity contribution in [2.75, 3.05) is 26.2 Å². The van der Waals surface area contributed by atoms with Crippen molar-refractivity contribution in [1.29, 1.82) is 0 Å². The molecular formula is C23H25BrN4O4S. The lowest BCUT2D eigenvalue weighted by atomic mass is 10.1. The summed E-state index contributed by atoms with van der Waals surface area (Å²) in [4.78, 5) is 44.3. The number of amides is 2. The van der Waals surface area contributed by atoms with Gasteiger partial charge in [-0.25, -0.2) is 0 Å². The van der Waals surface area contributed by atoms with Gasteiger partial charge < -0.3 is 19.2 Å². The molecule has 2 amide bonds. The zero-order valence-electron chi connectivity index (χ0n) is 18.1. The Morgan fingerprint density at radius 1 is 1.06 bits per heavy atom. The standard InChI is InChI=1S/C23H25BrN4O4S/c24-16-7-8-18-17(15-16)21(30)28(23(33)25-18)9-3-1-2-6-20(29)26-10-12-27(13-11-26)22(31)19-5-4-14-32-19/h4-5,7-8,14-15H,1-3,6,9-13H2,(H,25,33). The molecule has 1 saturated heterocycles. The fourth-order valence-corrected chi connectivity index (χ4v) is 4.67. The van der Waals surface area contributed by atoms with Crippen molar-refractivity contribution >= 4 is 50.9 Å². The van der Waals surface area contributed by atoms with Gasteiger partial charge in [0.15, 0.2) is 10.5 Å². The Morgan fingerprint density at radius 3 is 2.55 bits per heavy atom. The lowest BCUT2D eigenvalue weighted by Crippen LogP contribution is -2.50. The molecule has 0 atom stereocenters. The van der Waals surface area contributed by atoms with Crippen molar-refractivity contribution < 1.29 is 14.0 Å². The summed E-state index contributed by atoms with van der Waals surface area (Å²) in [6.45, 7) is 2.58. The number of hydrogen-bond donors (Lipinski definition) is 1. The Morgan fingerprint density at radius 2 is 1.82 bits per heavy atom. The highest BCUT2D eigenvalue weighted by Gasteiger charge is 2.25. The Balaban J connectivity index is 1.22. The molecule has 8 nitrogen and oxygen atoms in total. The van der Waals surface area contributed by atoms with Crippen molar-refractivity contribution in [1.82, 2.24) is 19.4 Å². The zero-order valence-corrected chi connectivity index (χ0v) is 20.5. The molecule has 0 spiro atoms. The number of rotatable bonds is 7. The van der Waals surface area contributed by atoms with Crippen LogP contribution in [0.5, 0.6) is 0 Å². The number of carbonyl (C=O) groups excluding carboxylic acids is 2. The molecule has 174 valence electrons. The molecule has 2 aromatic heterocycles. The average molecular weight is 533 g/mol. The van der Waals surface area contributed by atoms with E-state index in [9.17, 15) is 14.4 Å². The number of aromatic nitrogens is 2. The summed E-state index contributed by atoms with van der Waals surface area (Å²) in [5.41, 5.74) is 0.620. The summed E-state index contributed by atoms with van der Waals surface area (Å²) in [5, 5.41) is 0.595. The van der Waals surface area contributed by atoms with Crippen LogP contribution in [0.1, 0.15) is 36.2 Å². The van der Waals surface area contributed by atoms with E-state index in [-0.39, 0.29) is 17.4 Å². The minimum Gasteiger partial charge on any atom is -0.459 e. The van der Waals surface area contributed by atoms with Crippen molar-refractivity contribution in [3.05, 3.63) is 62.0 Å². The number of nitrogens with one attached hydrogen (secondary N) is 1. The molecule has 33 heavy (non-hydrogen) atoms. The quantitative estimate of drug-likeness (QED) is 0.367. The van der Waals surface area contributed by atoms with E-state index in [1.54, 1.807) is 27.7 Å². The van der Waals surface area contributed by atoms with Gasteiger partial charge in [-0.15, -0.1) is 0 Å². The van der Waals surface area contributed by atoms with Crippen LogP contribution in [-0.2, 0) is 11.3 Å². The number of hydrogen-bond acceptors (Lipinski definition) is 5. The van der Waals surface area contributed by atoms with Crippen molar-refractivity contribution in [2.45, 2.75) is 32.2 Å². The van der Waals surface area contributed by atoms with Crippen LogP contribution in [0, 0.1) is 4.77 Å². The van der Waals surface area contributed by atoms with E-state index in [1.165, 1.54) is 6.26 Å². The van der Waals surface area contributed by atoms with Gasteiger partial charge in [-0.1, -0.05) is 22.4 Å². The van der Waals surface area contributed by atoms with Crippen molar-refractivity contribution in [3.63, 3.8) is 0 Å². The first-order valence-electron chi connectivity index (χ1n) is 11.0. The number of carbonyl (C=O) groups is 2. The summed E-state index contributed by atoms with van der Waals surface area (Å²) in [6.07, 6.45) is 4.26. The van der Waals surface area contributed by atoms with Gasteiger partial charge in [-0.2, -0.15) is 0 Å². The molecule has 1 aliphatic rings. The number of unbranched alkanes of at least 4 members (excludes halogenated alkanes) is 2. The molecule has 0 unspecified atom stereocenters. The Hall–Kier alpha value is -2.72. The van der Waals surface area contributed by atoms with Crippen LogP contribution < -0.4 is 5.56 Å². The van der Waals surface area contributed by atoms with Crippen LogP contribution in [0.2, 0.25) is 0 Å². The Labute approximate surface area is 204 Å². The summed E-state index contributed by atoms with van der Waals surface area (Å²) < 4.78 is 8.00. The van der Waals surface area contributed by atoms with E-state index in [2.05, 4.69) is 20.9 Å². The number of piperazine rings is 1. The number of furan rings is 1. The molecule has 10 heteroatoms. The van der Waals surface area contributed by atoms with Gasteiger partial charge in [0.2, 0.25) is 5.91 Å². The number of benzene rings is 1. The first-order chi connectivity index (χ1) is 15.9. The van der Waals surface area contributed by atoms with E-state index in [0.717, 1.165) is 29.3 Å². The van der Waals surface area contributed by atoms with Crippen molar-refractivity contribution in [2.24, 2.45) is 0 Å². The molecule has 1 aromatic carbocycles.